The summed E-state index contributed by atoms with van der Waals surface area (Å²) >= 11 is 0. The van der Waals surface area contributed by atoms with Crippen LogP contribution in [0.1, 0.15) is 11.3 Å². The van der Waals surface area contributed by atoms with Gasteiger partial charge in [-0.05, 0) is 6.92 Å². The van der Waals surface area contributed by atoms with E-state index in [2.05, 4.69) is 5.16 Å². The molecular formula is C7H12N2O2. The van der Waals surface area contributed by atoms with E-state index in [4.69, 9.17) is 9.36 Å². The van der Waals surface area contributed by atoms with E-state index < -0.39 is 0 Å². The van der Waals surface area contributed by atoms with Crippen molar-refractivity contribution in [1.29, 1.82) is 0 Å². The first-order valence-corrected chi connectivity index (χ1v) is 3.39. The molecule has 0 atom stereocenters. The van der Waals surface area contributed by atoms with Crippen LogP contribution in [0.15, 0.2) is 10.7 Å². The van der Waals surface area contributed by atoms with Gasteiger partial charge in [-0.3, -0.25) is 0 Å². The Hall–Kier alpha value is -0.870. The molecule has 0 saturated heterocycles. The van der Waals surface area contributed by atoms with Gasteiger partial charge in [0, 0.05) is 12.6 Å². The van der Waals surface area contributed by atoms with Crippen LogP contribution in [-0.4, -0.2) is 24.4 Å². The Kier molecular flexibility index (Phi) is 2.62. The topological polar surface area (TPSA) is 38.5 Å². The molecule has 11 heavy (non-hydrogen) atoms. The zero-order valence-corrected chi connectivity index (χ0v) is 7.00. The van der Waals surface area contributed by atoms with Gasteiger partial charge in [-0.25, -0.2) is 0 Å². The van der Waals surface area contributed by atoms with Gasteiger partial charge in [-0.2, -0.15) is 5.06 Å². The molecule has 1 heterocycles. The van der Waals surface area contributed by atoms with Gasteiger partial charge >= 0.3 is 0 Å². The molecule has 0 amide bonds. The predicted octanol–water partition coefficient (Wildman–Crippen LogP) is 0.976. The van der Waals surface area contributed by atoms with E-state index in [1.807, 2.05) is 14.0 Å². The number of rotatable bonds is 3. The number of nitrogens with zero attached hydrogens (tertiary/aromatic N) is 2. The lowest BCUT2D eigenvalue weighted by Gasteiger charge is -2.11. The maximum absolute atomic E-state index is 4.94. The van der Waals surface area contributed by atoms with Crippen LogP contribution < -0.4 is 0 Å². The number of hydrogen-bond acceptors (Lipinski definition) is 4. The molecule has 0 aromatic carbocycles. The van der Waals surface area contributed by atoms with Crippen LogP contribution in [0.2, 0.25) is 0 Å². The maximum atomic E-state index is 4.94. The quantitative estimate of drug-likeness (QED) is 0.611. The average Bonchev–Trinajstić information content (AvgIpc) is 2.37. The van der Waals surface area contributed by atoms with Gasteiger partial charge in [0.1, 0.15) is 5.76 Å². The molecule has 0 aliphatic heterocycles. The maximum Gasteiger partial charge on any atom is 0.138 e. The average molecular weight is 156 g/mol. The molecule has 0 radical (unpaired) electrons. The number of hydroxylamine groups is 2. The molecule has 1 aromatic heterocycles. The van der Waals surface area contributed by atoms with Crippen molar-refractivity contribution in [3.8, 4) is 0 Å². The molecule has 0 N–H and O–H groups in total. The summed E-state index contributed by atoms with van der Waals surface area (Å²) in [6.45, 7) is 2.58. The first-order chi connectivity index (χ1) is 5.24. The molecule has 4 heteroatoms. The molecule has 4 nitrogen and oxygen atoms in total. The Morgan fingerprint density at radius 3 is 2.91 bits per heavy atom. The van der Waals surface area contributed by atoms with E-state index in [0.29, 0.717) is 6.54 Å². The van der Waals surface area contributed by atoms with Crippen LogP contribution in [0, 0.1) is 6.92 Å². The minimum Gasteiger partial charge on any atom is -0.361 e. The molecule has 1 rings (SSSR count). The van der Waals surface area contributed by atoms with Crippen molar-refractivity contribution in [1.82, 2.24) is 10.2 Å². The first-order valence-electron chi connectivity index (χ1n) is 3.39. The molecule has 1 aromatic rings. The van der Waals surface area contributed by atoms with Crippen LogP contribution in [0.5, 0.6) is 0 Å². The second-order valence-corrected chi connectivity index (χ2v) is 2.38. The Balaban J connectivity index is 2.56. The monoisotopic (exact) mass is 156 g/mol. The van der Waals surface area contributed by atoms with Gasteiger partial charge in [0.15, 0.2) is 0 Å². The summed E-state index contributed by atoms with van der Waals surface area (Å²) in [6.07, 6.45) is 1.70. The van der Waals surface area contributed by atoms with Crippen LogP contribution in [-0.2, 0) is 11.4 Å². The van der Waals surface area contributed by atoms with E-state index >= 15 is 0 Å². The van der Waals surface area contributed by atoms with E-state index in [1.165, 1.54) is 0 Å². The van der Waals surface area contributed by atoms with E-state index in [0.717, 1.165) is 11.3 Å². The van der Waals surface area contributed by atoms with Crippen LogP contribution in [0.25, 0.3) is 0 Å². The molecule has 0 bridgehead atoms. The largest absolute Gasteiger partial charge is 0.361 e. The lowest BCUT2D eigenvalue weighted by Crippen LogP contribution is -2.15. The van der Waals surface area contributed by atoms with E-state index in [-0.39, 0.29) is 0 Å². The summed E-state index contributed by atoms with van der Waals surface area (Å²) in [5.74, 6) is 0.842. The zero-order valence-electron chi connectivity index (χ0n) is 7.00. The number of hydrogen-bond donors (Lipinski definition) is 0. The van der Waals surface area contributed by atoms with Crippen molar-refractivity contribution in [2.75, 3.05) is 14.2 Å². The molecule has 0 spiro atoms. The lowest BCUT2D eigenvalue weighted by atomic mass is 10.3. The van der Waals surface area contributed by atoms with E-state index in [1.54, 1.807) is 18.4 Å². The van der Waals surface area contributed by atoms with Gasteiger partial charge < -0.3 is 9.36 Å². The van der Waals surface area contributed by atoms with Crippen molar-refractivity contribution in [3.05, 3.63) is 17.5 Å². The third-order valence-corrected chi connectivity index (χ3v) is 1.56. The smallest absolute Gasteiger partial charge is 0.138 e. The SMILES string of the molecule is CON(C)Cc1cnoc1C. The van der Waals surface area contributed by atoms with Gasteiger partial charge in [0.25, 0.3) is 0 Å². The lowest BCUT2D eigenvalue weighted by molar-refractivity contribution is -0.116. The van der Waals surface area contributed by atoms with E-state index in [9.17, 15) is 0 Å². The minimum absolute atomic E-state index is 0.700. The van der Waals surface area contributed by atoms with Crippen molar-refractivity contribution >= 4 is 0 Å². The third-order valence-electron chi connectivity index (χ3n) is 1.56. The third kappa shape index (κ3) is 2.03. The second kappa shape index (κ2) is 3.50. The van der Waals surface area contributed by atoms with Crippen molar-refractivity contribution in [2.45, 2.75) is 13.5 Å². The van der Waals surface area contributed by atoms with Gasteiger partial charge in [0.2, 0.25) is 0 Å². The standard InChI is InChI=1S/C7H12N2O2/c1-6-7(4-8-11-6)5-9(2)10-3/h4H,5H2,1-3H3. The Morgan fingerprint density at radius 2 is 2.45 bits per heavy atom. The van der Waals surface area contributed by atoms with Crippen LogP contribution in [0.4, 0.5) is 0 Å². The Labute approximate surface area is 65.7 Å². The highest BCUT2D eigenvalue weighted by molar-refractivity contribution is 5.10. The minimum atomic E-state index is 0.700. The van der Waals surface area contributed by atoms with Crippen molar-refractivity contribution < 1.29 is 9.36 Å². The molecule has 0 aliphatic carbocycles. The van der Waals surface area contributed by atoms with Gasteiger partial charge in [0.05, 0.1) is 19.9 Å². The number of aryl methyl sites for hydroxylation is 1. The first kappa shape index (κ1) is 8.23. The summed E-state index contributed by atoms with van der Waals surface area (Å²) in [5, 5.41) is 5.36. The fourth-order valence-electron chi connectivity index (χ4n) is 0.775. The summed E-state index contributed by atoms with van der Waals surface area (Å²) in [7, 11) is 3.48. The van der Waals surface area contributed by atoms with Crippen LogP contribution >= 0.6 is 0 Å². The highest BCUT2D eigenvalue weighted by atomic mass is 16.7. The van der Waals surface area contributed by atoms with Gasteiger partial charge in [-0.15, -0.1) is 0 Å². The number of aromatic nitrogens is 1. The normalized spacial score (nSPS) is 10.9. The highest BCUT2D eigenvalue weighted by Gasteiger charge is 2.04. The second-order valence-electron chi connectivity index (χ2n) is 2.38. The fraction of sp³-hybridized carbons (Fsp3) is 0.571. The van der Waals surface area contributed by atoms with Gasteiger partial charge in [-0.1, -0.05) is 5.16 Å². The molecule has 0 fully saturated rings. The predicted molar refractivity (Wildman–Crippen MR) is 39.7 cm³/mol. The van der Waals surface area contributed by atoms with Crippen molar-refractivity contribution in [3.63, 3.8) is 0 Å². The molecular weight excluding hydrogens is 144 g/mol. The van der Waals surface area contributed by atoms with Crippen molar-refractivity contribution in [2.24, 2.45) is 0 Å². The molecule has 0 saturated carbocycles. The summed E-state index contributed by atoms with van der Waals surface area (Å²) in [5.41, 5.74) is 1.05. The summed E-state index contributed by atoms with van der Waals surface area (Å²) in [6, 6.07) is 0. The fourth-order valence-corrected chi connectivity index (χ4v) is 0.775. The Morgan fingerprint density at radius 1 is 1.73 bits per heavy atom. The Bertz CT molecular complexity index is 222. The molecule has 0 unspecified atom stereocenters. The summed E-state index contributed by atoms with van der Waals surface area (Å²) < 4.78 is 4.88. The highest BCUT2D eigenvalue weighted by Crippen LogP contribution is 2.07. The zero-order chi connectivity index (χ0) is 8.27. The van der Waals surface area contributed by atoms with Crippen LogP contribution in [0.3, 0.4) is 0 Å². The molecule has 62 valence electrons. The molecule has 0 aliphatic rings. The summed E-state index contributed by atoms with van der Waals surface area (Å²) in [4.78, 5) is 4.94.